The molecule has 5 heteroatoms. The Morgan fingerprint density at radius 2 is 2.00 bits per heavy atom. The average molecular weight is 392 g/mol. The number of hydrogen-bond donors (Lipinski definition) is 1. The van der Waals surface area contributed by atoms with Crippen molar-refractivity contribution in [2.24, 2.45) is 0 Å². The van der Waals surface area contributed by atoms with Gasteiger partial charge in [-0.15, -0.1) is 11.3 Å². The molecule has 0 spiro atoms. The van der Waals surface area contributed by atoms with Crippen molar-refractivity contribution in [3.8, 4) is 5.75 Å². The maximum Gasteiger partial charge on any atom is 0.125 e. The summed E-state index contributed by atoms with van der Waals surface area (Å²) in [6, 6.07) is 7.61. The Balaban J connectivity index is 2.44. The third-order valence-corrected chi connectivity index (χ3v) is 5.31. The molecule has 1 unspecified atom stereocenters. The van der Waals surface area contributed by atoms with Gasteiger partial charge in [-0.2, -0.15) is 0 Å². The van der Waals surface area contributed by atoms with Crippen molar-refractivity contribution < 1.29 is 9.84 Å². The predicted molar refractivity (Wildman–Crippen MR) is 81.5 cm³/mol. The van der Waals surface area contributed by atoms with E-state index in [1.54, 1.807) is 7.11 Å². The van der Waals surface area contributed by atoms with Gasteiger partial charge in [0.15, 0.2) is 0 Å². The summed E-state index contributed by atoms with van der Waals surface area (Å²) in [5, 5.41) is 10.5. The molecule has 0 amide bonds. The van der Waals surface area contributed by atoms with Gasteiger partial charge in [0, 0.05) is 14.9 Å². The predicted octanol–water partition coefficient (Wildman–Crippen LogP) is 4.67. The van der Waals surface area contributed by atoms with E-state index in [0.717, 1.165) is 24.3 Å². The molecule has 2 rings (SSSR count). The number of benzene rings is 1. The summed E-state index contributed by atoms with van der Waals surface area (Å²) in [4.78, 5) is 0.899. The molecule has 1 heterocycles. The molecule has 2 nitrogen and oxygen atoms in total. The summed E-state index contributed by atoms with van der Waals surface area (Å²) in [5.74, 6) is 0.688. The number of aryl methyl sites for hydroxylation is 1. The number of ether oxygens (including phenoxy) is 1. The molecule has 96 valence electrons. The van der Waals surface area contributed by atoms with Gasteiger partial charge in [-0.05, 0) is 52.7 Å². The van der Waals surface area contributed by atoms with Gasteiger partial charge >= 0.3 is 0 Å². The number of hydrogen-bond acceptors (Lipinski definition) is 3. The number of aliphatic hydroxyl groups excluding tert-OH is 1. The number of halogens is 2. The van der Waals surface area contributed by atoms with Crippen molar-refractivity contribution in [2.75, 3.05) is 7.11 Å². The van der Waals surface area contributed by atoms with Crippen LogP contribution in [0.2, 0.25) is 0 Å². The van der Waals surface area contributed by atoms with Crippen molar-refractivity contribution in [3.05, 3.63) is 48.5 Å². The molecule has 18 heavy (non-hydrogen) atoms. The van der Waals surface area contributed by atoms with Crippen LogP contribution in [-0.4, -0.2) is 12.2 Å². The molecule has 0 fully saturated rings. The summed E-state index contributed by atoms with van der Waals surface area (Å²) in [6.07, 6.45) is -0.674. The second kappa shape index (κ2) is 5.74. The highest BCUT2D eigenvalue weighted by Crippen LogP contribution is 2.38. The summed E-state index contributed by atoms with van der Waals surface area (Å²) in [5.41, 5.74) is 1.89. The zero-order chi connectivity index (χ0) is 13.3. The van der Waals surface area contributed by atoms with Gasteiger partial charge in [-0.3, -0.25) is 0 Å². The minimum Gasteiger partial charge on any atom is -0.496 e. The van der Waals surface area contributed by atoms with E-state index in [1.807, 2.05) is 31.2 Å². The zero-order valence-corrected chi connectivity index (χ0v) is 13.9. The van der Waals surface area contributed by atoms with Crippen molar-refractivity contribution in [3.63, 3.8) is 0 Å². The smallest absolute Gasteiger partial charge is 0.125 e. The Labute approximate surface area is 127 Å². The molecule has 0 saturated heterocycles. The van der Waals surface area contributed by atoms with Crippen molar-refractivity contribution >= 4 is 43.2 Å². The first-order valence-electron chi connectivity index (χ1n) is 5.30. The van der Waals surface area contributed by atoms with E-state index in [4.69, 9.17) is 4.74 Å². The van der Waals surface area contributed by atoms with Crippen LogP contribution in [0.15, 0.2) is 32.5 Å². The Hall–Kier alpha value is -0.360. The SMILES string of the molecule is COc1ccc(Br)cc1C(O)c1cc(C)c(Br)s1. The van der Waals surface area contributed by atoms with Crippen LogP contribution >= 0.6 is 43.2 Å². The van der Waals surface area contributed by atoms with E-state index in [-0.39, 0.29) is 0 Å². The quantitative estimate of drug-likeness (QED) is 0.823. The van der Waals surface area contributed by atoms with E-state index >= 15 is 0 Å². The number of rotatable bonds is 3. The highest BCUT2D eigenvalue weighted by molar-refractivity contribution is 9.11. The zero-order valence-electron chi connectivity index (χ0n) is 9.91. The van der Waals surface area contributed by atoms with E-state index in [9.17, 15) is 5.11 Å². The number of methoxy groups -OCH3 is 1. The molecule has 0 bridgehead atoms. The second-order valence-electron chi connectivity index (χ2n) is 3.89. The van der Waals surface area contributed by atoms with Crippen molar-refractivity contribution in [1.82, 2.24) is 0 Å². The van der Waals surface area contributed by atoms with Crippen LogP contribution in [-0.2, 0) is 0 Å². The normalized spacial score (nSPS) is 12.5. The molecule has 1 atom stereocenters. The molecule has 1 aromatic carbocycles. The van der Waals surface area contributed by atoms with Crippen LogP contribution in [0.4, 0.5) is 0 Å². The molecule has 1 N–H and O–H groups in total. The lowest BCUT2D eigenvalue weighted by Crippen LogP contribution is -2.00. The molecule has 1 aromatic heterocycles. The van der Waals surface area contributed by atoms with E-state index in [1.165, 1.54) is 11.3 Å². The van der Waals surface area contributed by atoms with Crippen molar-refractivity contribution in [1.29, 1.82) is 0 Å². The van der Waals surface area contributed by atoms with Gasteiger partial charge in [-0.25, -0.2) is 0 Å². The molecule has 2 aromatic rings. The van der Waals surface area contributed by atoms with Crippen LogP contribution in [0.3, 0.4) is 0 Å². The Morgan fingerprint density at radius 3 is 2.56 bits per heavy atom. The second-order valence-corrected chi connectivity index (χ2v) is 7.21. The summed E-state index contributed by atoms with van der Waals surface area (Å²) >= 11 is 8.43. The maximum atomic E-state index is 10.5. The van der Waals surface area contributed by atoms with Gasteiger partial charge in [0.2, 0.25) is 0 Å². The first-order chi connectivity index (χ1) is 8.52. The molecule has 0 saturated carbocycles. The monoisotopic (exact) mass is 390 g/mol. The average Bonchev–Trinajstić information content (AvgIpc) is 2.68. The van der Waals surface area contributed by atoms with Crippen LogP contribution in [0, 0.1) is 6.92 Å². The minimum absolute atomic E-state index is 0.674. The maximum absolute atomic E-state index is 10.5. The first-order valence-corrected chi connectivity index (χ1v) is 7.70. The molecular formula is C13H12Br2O2S. The lowest BCUT2D eigenvalue weighted by molar-refractivity contribution is 0.218. The number of aliphatic hydroxyl groups is 1. The minimum atomic E-state index is -0.674. The summed E-state index contributed by atoms with van der Waals surface area (Å²) < 4.78 is 7.26. The Kier molecular flexibility index (Phi) is 4.48. The fraction of sp³-hybridized carbons (Fsp3) is 0.231. The largest absolute Gasteiger partial charge is 0.496 e. The van der Waals surface area contributed by atoms with Crippen LogP contribution in [0.25, 0.3) is 0 Å². The van der Waals surface area contributed by atoms with Gasteiger partial charge in [0.25, 0.3) is 0 Å². The molecule has 0 aliphatic rings. The first kappa shape index (κ1) is 14.1. The summed E-state index contributed by atoms with van der Waals surface area (Å²) in [6.45, 7) is 2.01. The van der Waals surface area contributed by atoms with Gasteiger partial charge in [0.1, 0.15) is 11.9 Å². The van der Waals surface area contributed by atoms with Gasteiger partial charge in [-0.1, -0.05) is 15.9 Å². The highest BCUT2D eigenvalue weighted by atomic mass is 79.9. The Bertz CT molecular complexity index is 547. The van der Waals surface area contributed by atoms with E-state index in [0.29, 0.717) is 5.75 Å². The third-order valence-electron chi connectivity index (χ3n) is 2.63. The van der Waals surface area contributed by atoms with Gasteiger partial charge in [0.05, 0.1) is 10.9 Å². The van der Waals surface area contributed by atoms with Crippen LogP contribution in [0.5, 0.6) is 5.75 Å². The molecule has 0 aliphatic carbocycles. The van der Waals surface area contributed by atoms with Crippen molar-refractivity contribution in [2.45, 2.75) is 13.0 Å². The molecule has 0 radical (unpaired) electrons. The Morgan fingerprint density at radius 1 is 1.28 bits per heavy atom. The molecular weight excluding hydrogens is 380 g/mol. The lowest BCUT2D eigenvalue weighted by Gasteiger charge is -2.13. The number of thiophene rings is 1. The highest BCUT2D eigenvalue weighted by Gasteiger charge is 2.18. The fourth-order valence-electron chi connectivity index (χ4n) is 1.69. The van der Waals surface area contributed by atoms with Crippen LogP contribution in [0.1, 0.15) is 22.1 Å². The standard InChI is InChI=1S/C13H12Br2O2S/c1-7-5-11(18-13(7)15)12(16)9-6-8(14)3-4-10(9)17-2/h3-6,12,16H,1-2H3. The van der Waals surface area contributed by atoms with E-state index < -0.39 is 6.10 Å². The summed E-state index contributed by atoms with van der Waals surface area (Å²) in [7, 11) is 1.61. The third kappa shape index (κ3) is 2.79. The topological polar surface area (TPSA) is 29.5 Å². The van der Waals surface area contributed by atoms with Gasteiger partial charge < -0.3 is 9.84 Å². The van der Waals surface area contributed by atoms with Crippen LogP contribution < -0.4 is 4.74 Å². The van der Waals surface area contributed by atoms with E-state index in [2.05, 4.69) is 31.9 Å². The lowest BCUT2D eigenvalue weighted by atomic mass is 10.1. The molecule has 0 aliphatic heterocycles. The fourth-order valence-corrected chi connectivity index (χ4v) is 3.65.